The van der Waals surface area contributed by atoms with Gasteiger partial charge in [-0.05, 0) is 62.7 Å². The number of ether oxygens (including phenoxy) is 1. The third kappa shape index (κ3) is 4.21. The molecule has 0 aliphatic rings. The van der Waals surface area contributed by atoms with Crippen LogP contribution < -0.4 is 0 Å². The summed E-state index contributed by atoms with van der Waals surface area (Å²) in [4.78, 5) is 28.8. The average molecular weight is 470 g/mol. The first-order valence-electron chi connectivity index (χ1n) is 9.46. The van der Waals surface area contributed by atoms with Crippen molar-refractivity contribution in [2.24, 2.45) is 0 Å². The Labute approximate surface area is 192 Å². The predicted octanol–water partition coefficient (Wildman–Crippen LogP) is 5.60. The van der Waals surface area contributed by atoms with E-state index in [1.807, 2.05) is 37.4 Å². The molecule has 0 aliphatic carbocycles. The zero-order valence-electron chi connectivity index (χ0n) is 17.0. The molecule has 4 aromatic rings. The number of aromatic amines is 1. The summed E-state index contributed by atoms with van der Waals surface area (Å²) in [7, 11) is 0. The lowest BCUT2D eigenvalue weighted by Crippen LogP contribution is -2.25. The number of carbonyl (C=O) groups excluding carboxylic acids is 2. The second kappa shape index (κ2) is 8.78. The number of Topliss-reactive ketones (excluding diaryl/α,β-unsaturated/α-hetero) is 1. The maximum absolute atomic E-state index is 13.0. The highest BCUT2D eigenvalue weighted by molar-refractivity contribution is 8.00. The van der Waals surface area contributed by atoms with Gasteiger partial charge in [0.1, 0.15) is 0 Å². The van der Waals surface area contributed by atoms with Gasteiger partial charge in [0.2, 0.25) is 5.78 Å². The van der Waals surface area contributed by atoms with Crippen LogP contribution in [-0.2, 0) is 4.74 Å². The van der Waals surface area contributed by atoms with E-state index in [4.69, 9.17) is 17.0 Å². The number of nitrogens with one attached hydrogen (secondary N) is 1. The third-order valence-corrected chi connectivity index (χ3v) is 7.05. The largest absolute Gasteiger partial charge is 0.451 e. The van der Waals surface area contributed by atoms with Gasteiger partial charge in [0.25, 0.3) is 0 Å². The van der Waals surface area contributed by atoms with E-state index in [0.717, 1.165) is 26.6 Å². The van der Waals surface area contributed by atoms with Crippen molar-refractivity contribution in [2.45, 2.75) is 24.3 Å². The zero-order chi connectivity index (χ0) is 22.1. The predicted molar refractivity (Wildman–Crippen MR) is 126 cm³/mol. The van der Waals surface area contributed by atoms with Gasteiger partial charge in [-0.25, -0.2) is 9.48 Å². The lowest BCUT2D eigenvalue weighted by molar-refractivity contribution is 0.0319. The number of ketones is 1. The van der Waals surface area contributed by atoms with Crippen molar-refractivity contribution in [3.63, 3.8) is 0 Å². The molecule has 0 unspecified atom stereocenters. The number of aromatic nitrogens is 3. The lowest BCUT2D eigenvalue weighted by Gasteiger charge is -2.13. The van der Waals surface area contributed by atoms with Crippen molar-refractivity contribution in [1.82, 2.24) is 14.8 Å². The number of thioether (sulfide) groups is 1. The van der Waals surface area contributed by atoms with Crippen LogP contribution in [0, 0.1) is 10.9 Å². The highest BCUT2D eigenvalue weighted by Gasteiger charge is 2.25. The maximum atomic E-state index is 13.0. The minimum atomic E-state index is -0.915. The van der Waals surface area contributed by atoms with E-state index in [9.17, 15) is 9.59 Å². The molecule has 0 fully saturated rings. The van der Waals surface area contributed by atoms with Gasteiger partial charge in [0, 0.05) is 22.2 Å². The smallest absolute Gasteiger partial charge is 0.338 e. The number of nitrogens with zero attached hydrogens (tertiary/aromatic N) is 2. The van der Waals surface area contributed by atoms with Crippen molar-refractivity contribution in [1.29, 1.82) is 0 Å². The van der Waals surface area contributed by atoms with Crippen molar-refractivity contribution in [2.75, 3.05) is 6.26 Å². The Morgan fingerprint density at radius 3 is 2.58 bits per heavy atom. The molecule has 0 radical (unpaired) electrons. The van der Waals surface area contributed by atoms with Gasteiger partial charge >= 0.3 is 5.97 Å². The first-order chi connectivity index (χ1) is 14.9. The van der Waals surface area contributed by atoms with E-state index >= 15 is 0 Å². The van der Waals surface area contributed by atoms with Crippen molar-refractivity contribution >= 4 is 58.0 Å². The molecule has 0 saturated heterocycles. The summed E-state index contributed by atoms with van der Waals surface area (Å²) >= 11 is 8.31. The van der Waals surface area contributed by atoms with E-state index in [-0.39, 0.29) is 5.78 Å². The minimum absolute atomic E-state index is 0.238. The molecular weight excluding hydrogens is 450 g/mol. The quantitative estimate of drug-likeness (QED) is 0.171. The van der Waals surface area contributed by atoms with Gasteiger partial charge in [-0.3, -0.25) is 4.79 Å². The molecule has 0 amide bonds. The lowest BCUT2D eigenvalue weighted by atomic mass is 10.0. The summed E-state index contributed by atoms with van der Waals surface area (Å²) in [5.74, 6) is -0.796. The monoisotopic (exact) mass is 469 g/mol. The van der Waals surface area contributed by atoms with Crippen LogP contribution in [0.15, 0.2) is 52.9 Å². The first-order valence-corrected chi connectivity index (χ1v) is 11.9. The van der Waals surface area contributed by atoms with Crippen LogP contribution in [0.5, 0.6) is 0 Å². The minimum Gasteiger partial charge on any atom is -0.451 e. The highest BCUT2D eigenvalue weighted by Crippen LogP contribution is 2.25. The Bertz CT molecular complexity index is 1340. The maximum Gasteiger partial charge on any atom is 0.338 e. The topological polar surface area (TPSA) is 77.0 Å². The molecule has 0 saturated carbocycles. The molecule has 2 heterocycles. The Morgan fingerprint density at radius 2 is 1.90 bits per heavy atom. The van der Waals surface area contributed by atoms with Crippen molar-refractivity contribution < 1.29 is 14.3 Å². The van der Waals surface area contributed by atoms with Crippen LogP contribution >= 0.6 is 35.3 Å². The summed E-state index contributed by atoms with van der Waals surface area (Å²) in [6.07, 6.45) is 1.03. The number of esters is 1. The Balaban J connectivity index is 1.51. The van der Waals surface area contributed by atoms with E-state index in [2.05, 4.69) is 10.1 Å². The van der Waals surface area contributed by atoms with Crippen molar-refractivity contribution in [3.05, 3.63) is 69.3 Å². The normalized spacial score (nSPS) is 12.1. The molecule has 158 valence electrons. The molecule has 1 N–H and O–H groups in total. The van der Waals surface area contributed by atoms with Gasteiger partial charge in [0.05, 0.1) is 11.3 Å². The summed E-state index contributed by atoms with van der Waals surface area (Å²) < 4.78 is 8.63. The van der Waals surface area contributed by atoms with Crippen LogP contribution in [0.2, 0.25) is 0 Å². The van der Waals surface area contributed by atoms with Crippen LogP contribution in [0.25, 0.3) is 16.6 Å². The van der Waals surface area contributed by atoms with Crippen LogP contribution in [-0.4, -0.2) is 38.9 Å². The second-order valence-electron chi connectivity index (χ2n) is 6.88. The number of rotatable bonds is 6. The van der Waals surface area contributed by atoms with Gasteiger partial charge < -0.3 is 9.72 Å². The Morgan fingerprint density at radius 1 is 1.19 bits per heavy atom. The number of hydrogen-bond donors (Lipinski definition) is 1. The van der Waals surface area contributed by atoms with Crippen LogP contribution in [0.4, 0.5) is 0 Å². The fourth-order valence-electron chi connectivity index (χ4n) is 3.32. The molecule has 1 atom stereocenters. The third-order valence-electron chi connectivity index (χ3n) is 4.84. The molecule has 2 aromatic heterocycles. The summed E-state index contributed by atoms with van der Waals surface area (Å²) in [5.41, 5.74) is 3.29. The summed E-state index contributed by atoms with van der Waals surface area (Å²) in [6, 6.07) is 14.4. The number of fused-ring (bicyclic) bond motifs is 1. The number of carbonyl (C=O) groups is 2. The number of benzene rings is 2. The van der Waals surface area contributed by atoms with Crippen LogP contribution in [0.3, 0.4) is 0 Å². The molecule has 2 aromatic carbocycles. The fraction of sp³-hybridized carbons (Fsp3) is 0.182. The average Bonchev–Trinajstić information content (AvgIpc) is 3.31. The molecular formula is C22H19N3O3S3. The SMILES string of the molecule is CSc1nn(-c2ccc(C(=O)O[C@H](C)C(=O)c3c(C)[nH]c4ccccc34)cc2)c(=S)s1. The van der Waals surface area contributed by atoms with Crippen molar-refractivity contribution in [3.8, 4) is 5.69 Å². The van der Waals surface area contributed by atoms with Gasteiger partial charge in [-0.2, -0.15) is 0 Å². The number of para-hydroxylation sites is 1. The zero-order valence-corrected chi connectivity index (χ0v) is 19.5. The van der Waals surface area contributed by atoms with E-state index in [0.29, 0.717) is 15.1 Å². The standard InChI is InChI=1S/C22H19N3O3S3/c1-12-18(16-6-4-5-7-17(16)23-12)19(26)13(2)28-20(27)14-8-10-15(11-9-14)25-22(29)31-21(24-25)30-3/h4-11,13,23H,1-3H3/t13-/m1/s1. The first kappa shape index (κ1) is 21.5. The Hall–Kier alpha value is -2.75. The Kier molecular flexibility index (Phi) is 6.08. The number of aryl methyl sites for hydroxylation is 1. The van der Waals surface area contributed by atoms with Crippen LogP contribution in [0.1, 0.15) is 33.3 Å². The highest BCUT2D eigenvalue weighted by atomic mass is 32.2. The number of hydrogen-bond acceptors (Lipinski definition) is 7. The molecule has 4 rings (SSSR count). The molecule has 31 heavy (non-hydrogen) atoms. The van der Waals surface area contributed by atoms with E-state index in [1.165, 1.54) is 23.1 Å². The summed E-state index contributed by atoms with van der Waals surface area (Å²) in [5, 5.41) is 5.26. The molecule has 0 spiro atoms. The second-order valence-corrected chi connectivity index (χ2v) is 9.56. The van der Waals surface area contributed by atoms with Gasteiger partial charge in [-0.1, -0.05) is 41.3 Å². The fourth-order valence-corrected chi connectivity index (χ4v) is 5.10. The molecule has 0 aliphatic heterocycles. The molecule has 9 heteroatoms. The molecule has 0 bridgehead atoms. The van der Waals surface area contributed by atoms with E-state index < -0.39 is 12.1 Å². The van der Waals surface area contributed by atoms with Gasteiger partial charge in [-0.15, -0.1) is 5.10 Å². The molecule has 6 nitrogen and oxygen atoms in total. The van der Waals surface area contributed by atoms with E-state index in [1.54, 1.807) is 35.9 Å². The van der Waals surface area contributed by atoms with Gasteiger partial charge in [0.15, 0.2) is 14.4 Å². The summed E-state index contributed by atoms with van der Waals surface area (Å²) in [6.45, 7) is 3.43. The number of H-pyrrole nitrogens is 1.